The lowest BCUT2D eigenvalue weighted by Gasteiger charge is -2.25. The van der Waals surface area contributed by atoms with E-state index in [1.54, 1.807) is 18.2 Å². The molecule has 0 atom stereocenters. The zero-order valence-electron chi connectivity index (χ0n) is 18.3. The molecule has 0 unspecified atom stereocenters. The molecule has 0 fully saturated rings. The Labute approximate surface area is 199 Å². The molecular formula is C26H16F6O2S. The smallest absolute Gasteiger partial charge is 0.380 e. The van der Waals surface area contributed by atoms with Gasteiger partial charge in [-0.1, -0.05) is 42.5 Å². The Morgan fingerprint density at radius 3 is 2.14 bits per heavy atom. The number of hydrogen-bond donors (Lipinski definition) is 0. The summed E-state index contributed by atoms with van der Waals surface area (Å²) in [6, 6.07) is 13.2. The second kappa shape index (κ2) is 7.58. The predicted molar refractivity (Wildman–Crippen MR) is 122 cm³/mol. The SMILES string of the molecule is Cc1oc2ccccc2c1C1=C(c2cc(-c3ccc(C=O)cc3)sc2C)C(F)(F)C(F)(F)C1(F)F. The Bertz CT molecular complexity index is 1510. The number of fused-ring (bicyclic) bond motifs is 1. The van der Waals surface area contributed by atoms with Crippen molar-refractivity contribution in [1.29, 1.82) is 0 Å². The first-order valence-corrected chi connectivity index (χ1v) is 11.3. The summed E-state index contributed by atoms with van der Waals surface area (Å²) < 4.78 is 96.1. The number of benzene rings is 2. The van der Waals surface area contributed by atoms with E-state index < -0.39 is 34.5 Å². The van der Waals surface area contributed by atoms with E-state index in [1.165, 1.54) is 50.2 Å². The fourth-order valence-electron chi connectivity index (χ4n) is 4.49. The molecule has 0 N–H and O–H groups in total. The van der Waals surface area contributed by atoms with Crippen molar-refractivity contribution >= 4 is 39.7 Å². The van der Waals surface area contributed by atoms with Gasteiger partial charge in [0, 0.05) is 37.4 Å². The zero-order chi connectivity index (χ0) is 25.3. The van der Waals surface area contributed by atoms with Crippen LogP contribution in [0, 0.1) is 13.8 Å². The number of hydrogen-bond acceptors (Lipinski definition) is 3. The quantitative estimate of drug-likeness (QED) is 0.205. The molecule has 1 aliphatic carbocycles. The molecule has 0 spiro atoms. The van der Waals surface area contributed by atoms with Gasteiger partial charge in [0.1, 0.15) is 17.6 Å². The molecule has 2 nitrogen and oxygen atoms in total. The fraction of sp³-hybridized carbons (Fsp3) is 0.192. The number of allylic oxidation sites excluding steroid dienone is 2. The monoisotopic (exact) mass is 506 g/mol. The van der Waals surface area contributed by atoms with E-state index in [1.807, 2.05) is 0 Å². The third-order valence-corrected chi connectivity index (χ3v) is 7.31. The first-order valence-electron chi connectivity index (χ1n) is 10.5. The molecule has 0 bridgehead atoms. The van der Waals surface area contributed by atoms with E-state index >= 15 is 17.6 Å². The highest BCUT2D eigenvalue weighted by Crippen LogP contribution is 2.66. The third-order valence-electron chi connectivity index (χ3n) is 6.21. The minimum atomic E-state index is -5.66. The zero-order valence-corrected chi connectivity index (χ0v) is 19.1. The van der Waals surface area contributed by atoms with E-state index in [2.05, 4.69) is 0 Å². The summed E-state index contributed by atoms with van der Waals surface area (Å²) in [5.74, 6) is -16.1. The van der Waals surface area contributed by atoms with Crippen LogP contribution in [-0.4, -0.2) is 24.1 Å². The first-order chi connectivity index (χ1) is 16.4. The molecule has 0 radical (unpaired) electrons. The lowest BCUT2D eigenvalue weighted by atomic mass is 9.93. The van der Waals surface area contributed by atoms with Gasteiger partial charge in [-0.2, -0.15) is 26.3 Å². The van der Waals surface area contributed by atoms with Crippen LogP contribution >= 0.6 is 11.3 Å². The second-order valence-corrected chi connectivity index (χ2v) is 9.58. The van der Waals surface area contributed by atoms with Crippen LogP contribution in [0.25, 0.3) is 32.6 Å². The maximum absolute atomic E-state index is 15.3. The highest BCUT2D eigenvalue weighted by atomic mass is 32.1. The topological polar surface area (TPSA) is 30.2 Å². The standard InChI is InChI=1S/C26H16F6O2S/c1-13-21(17-5-3-4-6-19(17)34-13)23-22(24(27,28)26(31,32)25(23,29)30)18-11-20(35-14(18)2)16-9-7-15(12-33)8-10-16/h3-12H,1-2H3. The first kappa shape index (κ1) is 23.4. The van der Waals surface area contributed by atoms with Crippen molar-refractivity contribution in [2.24, 2.45) is 0 Å². The molecule has 2 heterocycles. The molecule has 2 aromatic heterocycles. The van der Waals surface area contributed by atoms with Crippen molar-refractivity contribution in [2.45, 2.75) is 31.6 Å². The Morgan fingerprint density at radius 2 is 1.49 bits per heavy atom. The molecule has 0 amide bonds. The van der Waals surface area contributed by atoms with Gasteiger partial charge in [-0.3, -0.25) is 4.79 Å². The van der Waals surface area contributed by atoms with Crippen LogP contribution in [0.4, 0.5) is 26.3 Å². The highest BCUT2D eigenvalue weighted by molar-refractivity contribution is 7.15. The fourth-order valence-corrected chi connectivity index (χ4v) is 5.52. The summed E-state index contributed by atoms with van der Waals surface area (Å²) in [5.41, 5.74) is -2.64. The molecule has 0 saturated carbocycles. The minimum Gasteiger partial charge on any atom is -0.461 e. The maximum atomic E-state index is 15.3. The highest BCUT2D eigenvalue weighted by Gasteiger charge is 2.80. The lowest BCUT2D eigenvalue weighted by Crippen LogP contribution is -2.48. The van der Waals surface area contributed by atoms with Crippen molar-refractivity contribution in [3.05, 3.63) is 81.9 Å². The number of para-hydroxylation sites is 1. The van der Waals surface area contributed by atoms with E-state index in [-0.39, 0.29) is 27.2 Å². The number of carbonyl (C=O) groups excluding carboxylic acids is 1. The normalized spacial score (nSPS) is 18.4. The van der Waals surface area contributed by atoms with Gasteiger partial charge < -0.3 is 4.42 Å². The molecule has 0 saturated heterocycles. The number of thiophene rings is 1. The van der Waals surface area contributed by atoms with Crippen LogP contribution in [0.1, 0.15) is 32.1 Å². The van der Waals surface area contributed by atoms with Gasteiger partial charge in [0.05, 0.1) is 0 Å². The molecule has 4 aromatic rings. The van der Waals surface area contributed by atoms with Crippen LogP contribution in [-0.2, 0) is 0 Å². The van der Waals surface area contributed by atoms with Crippen molar-refractivity contribution in [2.75, 3.05) is 0 Å². The van der Waals surface area contributed by atoms with Gasteiger partial charge >= 0.3 is 17.8 Å². The van der Waals surface area contributed by atoms with Crippen LogP contribution in [0.5, 0.6) is 0 Å². The number of halogens is 6. The van der Waals surface area contributed by atoms with E-state index in [0.717, 1.165) is 11.3 Å². The number of alkyl halides is 6. The maximum Gasteiger partial charge on any atom is 0.380 e. The lowest BCUT2D eigenvalue weighted by molar-refractivity contribution is -0.254. The number of aldehydes is 1. The molecular weight excluding hydrogens is 490 g/mol. The van der Waals surface area contributed by atoms with Crippen LogP contribution in [0.2, 0.25) is 0 Å². The Balaban J connectivity index is 1.83. The average molecular weight is 506 g/mol. The minimum absolute atomic E-state index is 0.0447. The van der Waals surface area contributed by atoms with Crippen LogP contribution < -0.4 is 0 Å². The summed E-state index contributed by atoms with van der Waals surface area (Å²) in [4.78, 5) is 11.5. The van der Waals surface area contributed by atoms with Gasteiger partial charge in [-0.05, 0) is 37.1 Å². The van der Waals surface area contributed by atoms with E-state index in [9.17, 15) is 13.6 Å². The summed E-state index contributed by atoms with van der Waals surface area (Å²) in [7, 11) is 0. The Kier molecular flexibility index (Phi) is 5.07. The van der Waals surface area contributed by atoms with Crippen LogP contribution in [0.3, 0.4) is 0 Å². The van der Waals surface area contributed by atoms with Crippen molar-refractivity contribution in [3.63, 3.8) is 0 Å². The molecule has 9 heteroatoms. The summed E-state index contributed by atoms with van der Waals surface area (Å²) in [5, 5.41) is 0.0447. The van der Waals surface area contributed by atoms with Crippen LogP contribution in [0.15, 0.2) is 59.0 Å². The van der Waals surface area contributed by atoms with Crippen molar-refractivity contribution < 1.29 is 35.6 Å². The van der Waals surface area contributed by atoms with Gasteiger partial charge in [0.25, 0.3) is 0 Å². The third kappa shape index (κ3) is 3.14. The molecule has 180 valence electrons. The predicted octanol–water partition coefficient (Wildman–Crippen LogP) is 8.42. The second-order valence-electron chi connectivity index (χ2n) is 8.32. The number of rotatable bonds is 4. The number of furan rings is 1. The molecule has 5 rings (SSSR count). The molecule has 2 aromatic carbocycles. The summed E-state index contributed by atoms with van der Waals surface area (Å²) >= 11 is 1.01. The van der Waals surface area contributed by atoms with Crippen molar-refractivity contribution in [1.82, 2.24) is 0 Å². The van der Waals surface area contributed by atoms with Gasteiger partial charge in [0.2, 0.25) is 0 Å². The molecule has 0 aliphatic heterocycles. The van der Waals surface area contributed by atoms with E-state index in [0.29, 0.717) is 22.3 Å². The summed E-state index contributed by atoms with van der Waals surface area (Å²) in [6.07, 6.45) is 0.632. The average Bonchev–Trinajstić information content (AvgIpc) is 3.38. The van der Waals surface area contributed by atoms with Gasteiger partial charge in [0.15, 0.2) is 0 Å². The van der Waals surface area contributed by atoms with Crippen molar-refractivity contribution in [3.8, 4) is 10.4 Å². The molecule has 1 aliphatic rings. The molecule has 35 heavy (non-hydrogen) atoms. The number of aryl methyl sites for hydroxylation is 2. The van der Waals surface area contributed by atoms with E-state index in [4.69, 9.17) is 4.42 Å². The number of carbonyl (C=O) groups is 1. The Morgan fingerprint density at radius 1 is 0.857 bits per heavy atom. The van der Waals surface area contributed by atoms with Gasteiger partial charge in [-0.25, -0.2) is 0 Å². The Hall–Kier alpha value is -3.33. The van der Waals surface area contributed by atoms with Gasteiger partial charge in [-0.15, -0.1) is 11.3 Å². The summed E-state index contributed by atoms with van der Waals surface area (Å²) in [6.45, 7) is 2.70. The largest absolute Gasteiger partial charge is 0.461 e.